The second-order valence-electron chi connectivity index (χ2n) is 2.36. The molecular weight excluding hydrogens is 273 g/mol. The first kappa shape index (κ1) is 11.7. The molecular formula is C7H5Cl4OP. The standard InChI is InChI=1S/C7H5Cl4OP/c8-7(9)5-2-1-3-6(4-5)13(10,11)12/h1-4,7H. The first-order valence-electron chi connectivity index (χ1n) is 3.29. The molecule has 1 aromatic rings. The molecule has 1 nitrogen and oxygen atoms in total. The molecule has 0 fully saturated rings. The highest BCUT2D eigenvalue weighted by molar-refractivity contribution is 8.13. The van der Waals surface area contributed by atoms with E-state index >= 15 is 0 Å². The van der Waals surface area contributed by atoms with E-state index in [2.05, 4.69) is 0 Å². The SMILES string of the molecule is O=P(Cl)(Cl)c1cccc(C(Cl)Cl)c1. The molecule has 0 aromatic heterocycles. The summed E-state index contributed by atoms with van der Waals surface area (Å²) < 4.78 is 11.2. The number of rotatable bonds is 2. The second kappa shape index (κ2) is 4.42. The van der Waals surface area contributed by atoms with Crippen LogP contribution in [-0.2, 0) is 4.57 Å². The van der Waals surface area contributed by atoms with Crippen LogP contribution >= 0.6 is 51.5 Å². The van der Waals surface area contributed by atoms with Crippen molar-refractivity contribution in [2.75, 3.05) is 0 Å². The average molecular weight is 278 g/mol. The lowest BCUT2D eigenvalue weighted by Crippen LogP contribution is -1.98. The van der Waals surface area contributed by atoms with Crippen LogP contribution in [-0.4, -0.2) is 0 Å². The number of halogens is 4. The molecule has 0 spiro atoms. The molecule has 0 heterocycles. The van der Waals surface area contributed by atoms with Crippen LogP contribution in [0.25, 0.3) is 0 Å². The Hall–Kier alpha value is 0.610. The molecule has 0 saturated heterocycles. The third kappa shape index (κ3) is 3.34. The van der Waals surface area contributed by atoms with Crippen molar-refractivity contribution >= 4 is 56.8 Å². The summed E-state index contributed by atoms with van der Waals surface area (Å²) in [5.74, 6) is -3.26. The van der Waals surface area contributed by atoms with Gasteiger partial charge < -0.3 is 0 Å². The van der Waals surface area contributed by atoms with Gasteiger partial charge in [0.1, 0.15) is 4.84 Å². The molecule has 0 unspecified atom stereocenters. The highest BCUT2D eigenvalue weighted by Gasteiger charge is 2.18. The summed E-state index contributed by atoms with van der Waals surface area (Å²) in [6.45, 7) is 0. The van der Waals surface area contributed by atoms with E-state index in [0.29, 0.717) is 10.9 Å². The molecule has 13 heavy (non-hydrogen) atoms. The van der Waals surface area contributed by atoms with E-state index in [1.807, 2.05) is 0 Å². The summed E-state index contributed by atoms with van der Waals surface area (Å²) in [5, 5.41) is 0.347. The summed E-state index contributed by atoms with van der Waals surface area (Å²) in [5.41, 5.74) is 0.627. The van der Waals surface area contributed by atoms with Crippen LogP contribution in [0.1, 0.15) is 10.4 Å². The van der Waals surface area contributed by atoms with Crippen LogP contribution in [0.2, 0.25) is 0 Å². The number of benzene rings is 1. The summed E-state index contributed by atoms with van der Waals surface area (Å²) in [4.78, 5) is -0.667. The Kier molecular flexibility index (Phi) is 3.97. The Bertz CT molecular complexity index is 346. The molecule has 0 saturated carbocycles. The van der Waals surface area contributed by atoms with E-state index < -0.39 is 10.7 Å². The highest BCUT2D eigenvalue weighted by Crippen LogP contribution is 2.55. The summed E-state index contributed by atoms with van der Waals surface area (Å²) in [6.07, 6.45) is 0. The fourth-order valence-corrected chi connectivity index (χ4v) is 2.28. The van der Waals surface area contributed by atoms with Crippen molar-refractivity contribution in [2.24, 2.45) is 0 Å². The smallest absolute Gasteiger partial charge is 0.281 e. The molecule has 0 N–H and O–H groups in total. The van der Waals surface area contributed by atoms with Crippen molar-refractivity contribution in [3.63, 3.8) is 0 Å². The molecule has 0 aliphatic carbocycles. The van der Waals surface area contributed by atoms with E-state index in [1.165, 1.54) is 6.07 Å². The maximum Gasteiger partial charge on any atom is 0.281 e. The molecule has 6 heteroatoms. The molecule has 0 aliphatic heterocycles. The third-order valence-corrected chi connectivity index (χ3v) is 3.98. The minimum Gasteiger partial charge on any atom is -0.284 e. The van der Waals surface area contributed by atoms with Crippen LogP contribution in [0.3, 0.4) is 0 Å². The van der Waals surface area contributed by atoms with Crippen molar-refractivity contribution < 1.29 is 4.57 Å². The van der Waals surface area contributed by atoms with Gasteiger partial charge in [-0.05, 0) is 40.2 Å². The van der Waals surface area contributed by atoms with Gasteiger partial charge in [-0.3, -0.25) is 4.57 Å². The molecule has 0 bridgehead atoms. The quantitative estimate of drug-likeness (QED) is 0.576. The van der Waals surface area contributed by atoms with Crippen molar-refractivity contribution in [3.05, 3.63) is 29.8 Å². The largest absolute Gasteiger partial charge is 0.284 e. The van der Waals surface area contributed by atoms with E-state index in [4.69, 9.17) is 45.7 Å². The van der Waals surface area contributed by atoms with Gasteiger partial charge in [0, 0.05) is 5.30 Å². The topological polar surface area (TPSA) is 17.1 Å². The normalized spacial score (nSPS) is 12.1. The zero-order valence-corrected chi connectivity index (χ0v) is 10.2. The van der Waals surface area contributed by atoms with E-state index in [-0.39, 0.29) is 0 Å². The minimum absolute atomic E-state index is 0.347. The van der Waals surface area contributed by atoms with Crippen LogP contribution in [0, 0.1) is 0 Å². The van der Waals surface area contributed by atoms with Gasteiger partial charge >= 0.3 is 0 Å². The molecule has 0 aliphatic rings. The molecule has 1 rings (SSSR count). The third-order valence-electron chi connectivity index (χ3n) is 1.42. The fraction of sp³-hybridized carbons (Fsp3) is 0.143. The predicted octanol–water partition coefficient (Wildman–Crippen LogP) is 4.46. The van der Waals surface area contributed by atoms with Gasteiger partial charge in [0.15, 0.2) is 0 Å². The van der Waals surface area contributed by atoms with E-state index in [0.717, 1.165) is 0 Å². The lowest BCUT2D eigenvalue weighted by atomic mass is 10.2. The Morgan fingerprint density at radius 1 is 1.23 bits per heavy atom. The first-order chi connectivity index (χ1) is 5.91. The minimum atomic E-state index is -3.26. The van der Waals surface area contributed by atoms with Crippen molar-refractivity contribution in [3.8, 4) is 0 Å². The summed E-state index contributed by atoms with van der Waals surface area (Å²) in [6, 6.07) is 6.46. The second-order valence-corrected chi connectivity index (χ2v) is 8.27. The Morgan fingerprint density at radius 3 is 2.31 bits per heavy atom. The van der Waals surface area contributed by atoms with Gasteiger partial charge in [-0.15, -0.1) is 23.2 Å². The molecule has 0 amide bonds. The van der Waals surface area contributed by atoms with Crippen LogP contribution in [0.5, 0.6) is 0 Å². The summed E-state index contributed by atoms with van der Waals surface area (Å²) >= 11 is 22.2. The Labute approximate surface area is 95.9 Å². The zero-order chi connectivity index (χ0) is 10.1. The fourth-order valence-electron chi connectivity index (χ4n) is 0.822. The highest BCUT2D eigenvalue weighted by atomic mass is 35.9. The van der Waals surface area contributed by atoms with Gasteiger partial charge in [0.05, 0.1) is 0 Å². The van der Waals surface area contributed by atoms with Gasteiger partial charge in [-0.2, -0.15) is 0 Å². The molecule has 0 atom stereocenters. The maximum absolute atomic E-state index is 11.2. The maximum atomic E-state index is 11.2. The van der Waals surface area contributed by atoms with Crippen molar-refractivity contribution in [1.29, 1.82) is 0 Å². The van der Waals surface area contributed by atoms with E-state index in [9.17, 15) is 4.57 Å². The first-order valence-corrected chi connectivity index (χ1v) is 7.68. The van der Waals surface area contributed by atoms with E-state index in [1.54, 1.807) is 18.2 Å². The molecule has 72 valence electrons. The van der Waals surface area contributed by atoms with Crippen molar-refractivity contribution in [2.45, 2.75) is 4.84 Å². The Balaban J connectivity index is 3.13. The number of alkyl halides is 2. The van der Waals surface area contributed by atoms with Gasteiger partial charge in [-0.1, -0.05) is 12.1 Å². The number of hydrogen-bond acceptors (Lipinski definition) is 1. The zero-order valence-electron chi connectivity index (χ0n) is 6.25. The average Bonchev–Trinajstić information content (AvgIpc) is 2.03. The Morgan fingerprint density at radius 2 is 1.85 bits per heavy atom. The van der Waals surface area contributed by atoms with Crippen LogP contribution < -0.4 is 5.30 Å². The van der Waals surface area contributed by atoms with Crippen LogP contribution in [0.4, 0.5) is 0 Å². The lowest BCUT2D eigenvalue weighted by Gasteiger charge is -2.05. The van der Waals surface area contributed by atoms with Gasteiger partial charge in [0.25, 0.3) is 5.85 Å². The monoisotopic (exact) mass is 276 g/mol. The van der Waals surface area contributed by atoms with Crippen LogP contribution in [0.15, 0.2) is 24.3 Å². The van der Waals surface area contributed by atoms with Gasteiger partial charge in [0.2, 0.25) is 0 Å². The molecule has 0 radical (unpaired) electrons. The summed E-state index contributed by atoms with van der Waals surface area (Å²) in [7, 11) is 0. The van der Waals surface area contributed by atoms with Gasteiger partial charge in [-0.25, -0.2) is 0 Å². The predicted molar refractivity (Wildman–Crippen MR) is 59.8 cm³/mol. The lowest BCUT2D eigenvalue weighted by molar-refractivity contribution is 0.597. The van der Waals surface area contributed by atoms with Crippen molar-refractivity contribution in [1.82, 2.24) is 0 Å². The number of hydrogen-bond donors (Lipinski definition) is 0. The molecule has 1 aromatic carbocycles.